The van der Waals surface area contributed by atoms with Crippen molar-refractivity contribution in [3.05, 3.63) is 0 Å². The minimum Gasteiger partial charge on any atom is -0.296 e. The Morgan fingerprint density at radius 3 is 1.42 bits per heavy atom. The van der Waals surface area contributed by atoms with E-state index in [2.05, 4.69) is 70.1 Å². The van der Waals surface area contributed by atoms with Crippen molar-refractivity contribution >= 4 is 0 Å². The van der Waals surface area contributed by atoms with Crippen LogP contribution in [0.25, 0.3) is 0 Å². The second kappa shape index (κ2) is 7.05. The maximum absolute atomic E-state index is 2.66. The third-order valence-electron chi connectivity index (χ3n) is 4.41. The topological polar surface area (TPSA) is 9.72 Å². The van der Waals surface area contributed by atoms with Gasteiger partial charge >= 0.3 is 0 Å². The van der Waals surface area contributed by atoms with Crippen LogP contribution in [-0.2, 0) is 0 Å². The van der Waals surface area contributed by atoms with Crippen molar-refractivity contribution in [1.82, 2.24) is 14.7 Å². The molecule has 1 heterocycles. The Balaban J connectivity index is 2.83. The molecular formula is C16H35N3. The Labute approximate surface area is 120 Å². The summed E-state index contributed by atoms with van der Waals surface area (Å²) in [6.07, 6.45) is 0.574. The van der Waals surface area contributed by atoms with Gasteiger partial charge in [-0.1, -0.05) is 0 Å². The summed E-state index contributed by atoms with van der Waals surface area (Å²) in [5.41, 5.74) is 0. The Hall–Kier alpha value is -0.120. The van der Waals surface area contributed by atoms with E-state index >= 15 is 0 Å². The maximum Gasteiger partial charge on any atom is 0.0759 e. The predicted octanol–water partition coefficient (Wildman–Crippen LogP) is 2.87. The van der Waals surface area contributed by atoms with Gasteiger partial charge in [-0.3, -0.25) is 14.7 Å². The summed E-state index contributed by atoms with van der Waals surface area (Å²) in [5.74, 6) is 0. The Kier molecular flexibility index (Phi) is 6.28. The molecule has 0 saturated carbocycles. The zero-order valence-corrected chi connectivity index (χ0v) is 14.3. The van der Waals surface area contributed by atoms with E-state index in [4.69, 9.17) is 0 Å². The molecule has 114 valence electrons. The second-order valence-electron chi connectivity index (χ2n) is 7.03. The van der Waals surface area contributed by atoms with Gasteiger partial charge in [0.25, 0.3) is 0 Å². The molecule has 1 saturated heterocycles. The molecule has 3 nitrogen and oxygen atoms in total. The number of hydrogen-bond donors (Lipinski definition) is 0. The first-order valence-electron chi connectivity index (χ1n) is 8.02. The molecule has 3 heteroatoms. The third-order valence-corrected chi connectivity index (χ3v) is 4.41. The van der Waals surface area contributed by atoms with Gasteiger partial charge in [0.1, 0.15) is 0 Å². The quantitative estimate of drug-likeness (QED) is 0.734. The van der Waals surface area contributed by atoms with Crippen molar-refractivity contribution in [3.8, 4) is 0 Å². The molecule has 0 spiro atoms. The smallest absolute Gasteiger partial charge is 0.0759 e. The molecule has 0 aromatic heterocycles. The van der Waals surface area contributed by atoms with Crippen LogP contribution in [0.3, 0.4) is 0 Å². The van der Waals surface area contributed by atoms with Gasteiger partial charge in [0, 0.05) is 43.8 Å². The lowest BCUT2D eigenvalue weighted by Gasteiger charge is -2.41. The highest BCUT2D eigenvalue weighted by Crippen LogP contribution is 2.22. The van der Waals surface area contributed by atoms with Crippen LogP contribution in [-0.4, -0.2) is 64.7 Å². The van der Waals surface area contributed by atoms with E-state index in [0.29, 0.717) is 30.3 Å². The molecule has 0 aromatic carbocycles. The van der Waals surface area contributed by atoms with Crippen LogP contribution in [0.15, 0.2) is 0 Å². The summed E-state index contributed by atoms with van der Waals surface area (Å²) in [5, 5.41) is 0. The molecule has 0 radical (unpaired) electrons. The van der Waals surface area contributed by atoms with E-state index in [0.717, 1.165) is 6.54 Å². The molecule has 0 aromatic rings. The van der Waals surface area contributed by atoms with Crippen LogP contribution in [0.4, 0.5) is 0 Å². The molecule has 0 unspecified atom stereocenters. The van der Waals surface area contributed by atoms with E-state index in [1.807, 2.05) is 0 Å². The zero-order chi connectivity index (χ0) is 14.7. The summed E-state index contributed by atoms with van der Waals surface area (Å²) in [4.78, 5) is 7.95. The third kappa shape index (κ3) is 4.17. The normalized spacial score (nSPS) is 20.1. The zero-order valence-electron chi connectivity index (χ0n) is 14.3. The van der Waals surface area contributed by atoms with Gasteiger partial charge in [0.2, 0.25) is 0 Å². The van der Waals surface area contributed by atoms with Crippen LogP contribution < -0.4 is 0 Å². The van der Waals surface area contributed by atoms with Crippen molar-refractivity contribution in [2.75, 3.05) is 19.6 Å². The highest BCUT2D eigenvalue weighted by atomic mass is 15.5. The van der Waals surface area contributed by atoms with Crippen molar-refractivity contribution in [2.24, 2.45) is 0 Å². The lowest BCUT2D eigenvalue weighted by molar-refractivity contribution is 0.0324. The van der Waals surface area contributed by atoms with Gasteiger partial charge in [-0.25, -0.2) is 0 Å². The maximum atomic E-state index is 2.66. The second-order valence-corrected chi connectivity index (χ2v) is 7.03. The molecule has 0 atom stereocenters. The summed E-state index contributed by atoms with van der Waals surface area (Å²) < 4.78 is 0. The van der Waals surface area contributed by atoms with Crippen LogP contribution in [0.2, 0.25) is 0 Å². The number of nitrogens with zero attached hydrogens (tertiary/aromatic N) is 3. The Bertz CT molecular complexity index is 225. The molecule has 0 bridgehead atoms. The fraction of sp³-hybridized carbons (Fsp3) is 1.00. The fourth-order valence-electron chi connectivity index (χ4n) is 3.34. The first-order valence-corrected chi connectivity index (χ1v) is 8.02. The molecule has 0 amide bonds. The molecule has 1 aliphatic rings. The Morgan fingerprint density at radius 2 is 1.16 bits per heavy atom. The van der Waals surface area contributed by atoms with E-state index in [9.17, 15) is 0 Å². The molecule has 19 heavy (non-hydrogen) atoms. The van der Waals surface area contributed by atoms with E-state index in [1.54, 1.807) is 0 Å². The minimum absolute atomic E-state index is 0.574. The van der Waals surface area contributed by atoms with Crippen molar-refractivity contribution in [2.45, 2.75) is 85.7 Å². The summed E-state index contributed by atoms with van der Waals surface area (Å²) in [6, 6.07) is 2.50. The SMILES string of the molecule is CC(C)N(CC1N(C(C)C)CCN1C(C)C)C(C)C. The largest absolute Gasteiger partial charge is 0.296 e. The minimum atomic E-state index is 0.574. The van der Waals surface area contributed by atoms with E-state index in [1.165, 1.54) is 13.1 Å². The fourth-order valence-corrected chi connectivity index (χ4v) is 3.34. The lowest BCUT2D eigenvalue weighted by Crippen LogP contribution is -2.54. The van der Waals surface area contributed by atoms with Gasteiger partial charge in [-0.2, -0.15) is 0 Å². The van der Waals surface area contributed by atoms with Crippen LogP contribution in [0, 0.1) is 0 Å². The summed E-state index contributed by atoms with van der Waals surface area (Å²) >= 11 is 0. The standard InChI is InChI=1S/C16H35N3/c1-12(2)17-9-10-18(13(3)4)16(17)11-19(14(5)6)15(7)8/h12-16H,9-11H2,1-8H3. The highest BCUT2D eigenvalue weighted by Gasteiger charge is 2.36. The van der Waals surface area contributed by atoms with E-state index < -0.39 is 0 Å². The van der Waals surface area contributed by atoms with Gasteiger partial charge in [-0.05, 0) is 55.4 Å². The van der Waals surface area contributed by atoms with Gasteiger partial charge in [0.05, 0.1) is 6.17 Å². The van der Waals surface area contributed by atoms with Crippen molar-refractivity contribution in [1.29, 1.82) is 0 Å². The van der Waals surface area contributed by atoms with Crippen LogP contribution in [0.1, 0.15) is 55.4 Å². The molecule has 1 fully saturated rings. The lowest BCUT2D eigenvalue weighted by atomic mass is 10.2. The average Bonchev–Trinajstić information content (AvgIpc) is 2.68. The van der Waals surface area contributed by atoms with Gasteiger partial charge in [0.15, 0.2) is 0 Å². The molecular weight excluding hydrogens is 234 g/mol. The van der Waals surface area contributed by atoms with E-state index in [-0.39, 0.29) is 0 Å². The predicted molar refractivity (Wildman–Crippen MR) is 84.5 cm³/mol. The summed E-state index contributed by atoms with van der Waals surface area (Å²) in [6.45, 7) is 22.1. The van der Waals surface area contributed by atoms with Crippen molar-refractivity contribution in [3.63, 3.8) is 0 Å². The molecule has 0 N–H and O–H groups in total. The number of hydrogen-bond acceptors (Lipinski definition) is 3. The van der Waals surface area contributed by atoms with Crippen LogP contribution in [0.5, 0.6) is 0 Å². The van der Waals surface area contributed by atoms with Crippen molar-refractivity contribution < 1.29 is 0 Å². The van der Waals surface area contributed by atoms with Gasteiger partial charge < -0.3 is 0 Å². The Morgan fingerprint density at radius 1 is 0.789 bits per heavy atom. The first-order chi connectivity index (χ1) is 8.75. The summed E-state index contributed by atoms with van der Waals surface area (Å²) in [7, 11) is 0. The number of rotatable bonds is 6. The molecule has 1 rings (SSSR count). The highest BCUT2D eigenvalue weighted by molar-refractivity contribution is 4.89. The average molecular weight is 269 g/mol. The molecule has 1 aliphatic heterocycles. The van der Waals surface area contributed by atoms with Crippen LogP contribution >= 0.6 is 0 Å². The van der Waals surface area contributed by atoms with Gasteiger partial charge in [-0.15, -0.1) is 0 Å². The monoisotopic (exact) mass is 269 g/mol. The molecule has 0 aliphatic carbocycles. The first kappa shape index (κ1) is 16.9.